The quantitative estimate of drug-likeness (QED) is 0.827. The smallest absolute Gasteiger partial charge is 0.148 e. The summed E-state index contributed by atoms with van der Waals surface area (Å²) in [4.78, 5) is 1.97. The summed E-state index contributed by atoms with van der Waals surface area (Å²) in [5.74, 6) is 0.441. The van der Waals surface area contributed by atoms with E-state index in [9.17, 15) is 4.39 Å². The Morgan fingerprint density at radius 2 is 2.12 bits per heavy atom. The van der Waals surface area contributed by atoms with E-state index in [4.69, 9.17) is 10.2 Å². The Morgan fingerprint density at radius 3 is 2.76 bits per heavy atom. The average molecular weight is 234 g/mol. The Hall–Kier alpha value is -1.97. The van der Waals surface area contributed by atoms with Crippen LogP contribution in [0.1, 0.15) is 12.7 Å². The third-order valence-electron chi connectivity index (χ3n) is 2.68. The van der Waals surface area contributed by atoms with Gasteiger partial charge in [-0.1, -0.05) is 6.07 Å². The first-order valence-electron chi connectivity index (χ1n) is 5.53. The van der Waals surface area contributed by atoms with Crippen LogP contribution in [0.15, 0.2) is 41.0 Å². The van der Waals surface area contributed by atoms with Gasteiger partial charge in [0.05, 0.1) is 24.2 Å². The summed E-state index contributed by atoms with van der Waals surface area (Å²) in [5, 5.41) is 0. The highest BCUT2D eigenvalue weighted by Gasteiger charge is 2.12. The third-order valence-corrected chi connectivity index (χ3v) is 2.68. The number of nitrogens with two attached hydrogens (primary N) is 1. The maximum atomic E-state index is 13.4. The standard InChI is InChI=1S/C13H15FN2O/c1-2-16(9-10-5-4-8-17-10)12-7-3-6-11(14)13(12)15/h3-8H,2,9,15H2,1H3. The minimum absolute atomic E-state index is 0.181. The van der Waals surface area contributed by atoms with Crippen LogP contribution in [0, 0.1) is 5.82 Å². The predicted octanol–water partition coefficient (Wildman–Crippen LogP) is 3.03. The van der Waals surface area contributed by atoms with E-state index in [1.165, 1.54) is 6.07 Å². The molecule has 0 fully saturated rings. The zero-order valence-corrected chi connectivity index (χ0v) is 9.69. The van der Waals surface area contributed by atoms with Gasteiger partial charge in [-0.2, -0.15) is 0 Å². The van der Waals surface area contributed by atoms with E-state index in [1.54, 1.807) is 12.3 Å². The maximum absolute atomic E-state index is 13.4. The first kappa shape index (κ1) is 11.5. The van der Waals surface area contributed by atoms with Gasteiger partial charge in [0.1, 0.15) is 11.6 Å². The summed E-state index contributed by atoms with van der Waals surface area (Å²) in [7, 11) is 0. The van der Waals surface area contributed by atoms with Gasteiger partial charge in [0.2, 0.25) is 0 Å². The molecular weight excluding hydrogens is 219 g/mol. The van der Waals surface area contributed by atoms with E-state index in [0.29, 0.717) is 12.2 Å². The lowest BCUT2D eigenvalue weighted by molar-refractivity contribution is 0.503. The van der Waals surface area contributed by atoms with E-state index in [2.05, 4.69) is 0 Å². The van der Waals surface area contributed by atoms with Crippen LogP contribution in [-0.2, 0) is 6.54 Å². The molecular formula is C13H15FN2O. The Balaban J connectivity index is 2.26. The lowest BCUT2D eigenvalue weighted by Gasteiger charge is -2.23. The van der Waals surface area contributed by atoms with Gasteiger partial charge in [-0.15, -0.1) is 0 Å². The van der Waals surface area contributed by atoms with E-state index >= 15 is 0 Å². The van der Waals surface area contributed by atoms with E-state index in [-0.39, 0.29) is 11.5 Å². The number of benzene rings is 1. The lowest BCUT2D eigenvalue weighted by atomic mass is 10.2. The molecule has 0 bridgehead atoms. The van der Waals surface area contributed by atoms with Gasteiger partial charge in [-0.3, -0.25) is 0 Å². The van der Waals surface area contributed by atoms with Crippen LogP contribution in [0.2, 0.25) is 0 Å². The summed E-state index contributed by atoms with van der Waals surface area (Å²) >= 11 is 0. The molecule has 0 saturated heterocycles. The van der Waals surface area contributed by atoms with Crippen molar-refractivity contribution in [3.8, 4) is 0 Å². The highest BCUT2D eigenvalue weighted by molar-refractivity contribution is 5.67. The zero-order chi connectivity index (χ0) is 12.3. The number of para-hydroxylation sites is 1. The van der Waals surface area contributed by atoms with Gasteiger partial charge in [0.15, 0.2) is 0 Å². The summed E-state index contributed by atoms with van der Waals surface area (Å²) in [6, 6.07) is 8.55. The Morgan fingerprint density at radius 1 is 1.29 bits per heavy atom. The van der Waals surface area contributed by atoms with Crippen molar-refractivity contribution in [1.29, 1.82) is 0 Å². The van der Waals surface area contributed by atoms with Crippen LogP contribution < -0.4 is 10.6 Å². The zero-order valence-electron chi connectivity index (χ0n) is 9.69. The highest BCUT2D eigenvalue weighted by atomic mass is 19.1. The van der Waals surface area contributed by atoms with Crippen molar-refractivity contribution in [2.45, 2.75) is 13.5 Å². The van der Waals surface area contributed by atoms with Crippen molar-refractivity contribution in [2.24, 2.45) is 0 Å². The van der Waals surface area contributed by atoms with Crippen LogP contribution in [0.3, 0.4) is 0 Å². The van der Waals surface area contributed by atoms with Crippen LogP contribution >= 0.6 is 0 Å². The molecule has 2 aromatic rings. The Labute approximate surface area is 99.6 Å². The van der Waals surface area contributed by atoms with Crippen LogP contribution in [0.4, 0.5) is 15.8 Å². The van der Waals surface area contributed by atoms with Crippen molar-refractivity contribution in [2.75, 3.05) is 17.2 Å². The molecule has 0 radical (unpaired) electrons. The van der Waals surface area contributed by atoms with Gasteiger partial charge in [0.25, 0.3) is 0 Å². The van der Waals surface area contributed by atoms with Crippen molar-refractivity contribution in [3.05, 3.63) is 48.2 Å². The molecule has 0 unspecified atom stereocenters. The number of nitrogen functional groups attached to an aromatic ring is 1. The summed E-state index contributed by atoms with van der Waals surface area (Å²) in [6.07, 6.45) is 1.62. The largest absolute Gasteiger partial charge is 0.467 e. The summed E-state index contributed by atoms with van der Waals surface area (Å²) < 4.78 is 18.7. The molecule has 0 aliphatic rings. The van der Waals surface area contributed by atoms with Crippen LogP contribution in [-0.4, -0.2) is 6.54 Å². The normalized spacial score (nSPS) is 10.5. The third kappa shape index (κ3) is 2.41. The Bertz CT molecular complexity index is 482. The number of nitrogens with zero attached hydrogens (tertiary/aromatic N) is 1. The molecule has 0 atom stereocenters. The minimum Gasteiger partial charge on any atom is -0.467 e. The monoisotopic (exact) mass is 234 g/mol. The van der Waals surface area contributed by atoms with Gasteiger partial charge in [0, 0.05) is 6.54 Å². The number of halogens is 1. The summed E-state index contributed by atoms with van der Waals surface area (Å²) in [6.45, 7) is 3.30. The first-order chi connectivity index (χ1) is 8.22. The second-order valence-corrected chi connectivity index (χ2v) is 3.77. The molecule has 1 aromatic heterocycles. The van der Waals surface area contributed by atoms with E-state index < -0.39 is 0 Å². The number of furan rings is 1. The SMILES string of the molecule is CCN(Cc1ccco1)c1cccc(F)c1N. The maximum Gasteiger partial charge on any atom is 0.148 e. The van der Waals surface area contributed by atoms with Crippen molar-refractivity contribution in [1.82, 2.24) is 0 Å². The number of rotatable bonds is 4. The van der Waals surface area contributed by atoms with Crippen LogP contribution in [0.25, 0.3) is 0 Å². The van der Waals surface area contributed by atoms with Gasteiger partial charge in [-0.05, 0) is 31.2 Å². The first-order valence-corrected chi connectivity index (χ1v) is 5.53. The predicted molar refractivity (Wildman–Crippen MR) is 66.2 cm³/mol. The molecule has 1 aromatic carbocycles. The molecule has 0 amide bonds. The van der Waals surface area contributed by atoms with Crippen molar-refractivity contribution >= 4 is 11.4 Å². The topological polar surface area (TPSA) is 42.4 Å². The molecule has 0 spiro atoms. The highest BCUT2D eigenvalue weighted by Crippen LogP contribution is 2.26. The molecule has 1 heterocycles. The summed E-state index contributed by atoms with van der Waals surface area (Å²) in [5.41, 5.74) is 6.62. The van der Waals surface area contributed by atoms with Crippen molar-refractivity contribution in [3.63, 3.8) is 0 Å². The number of anilines is 2. The van der Waals surface area contributed by atoms with Gasteiger partial charge >= 0.3 is 0 Å². The molecule has 2 N–H and O–H groups in total. The second-order valence-electron chi connectivity index (χ2n) is 3.77. The molecule has 0 saturated carbocycles. The number of hydrogen-bond acceptors (Lipinski definition) is 3. The van der Waals surface area contributed by atoms with Crippen LogP contribution in [0.5, 0.6) is 0 Å². The average Bonchev–Trinajstić information content (AvgIpc) is 2.83. The van der Waals surface area contributed by atoms with E-state index in [1.807, 2.05) is 30.0 Å². The molecule has 90 valence electrons. The fourth-order valence-corrected chi connectivity index (χ4v) is 1.76. The van der Waals surface area contributed by atoms with Gasteiger partial charge in [-0.25, -0.2) is 4.39 Å². The minimum atomic E-state index is -0.389. The lowest BCUT2D eigenvalue weighted by Crippen LogP contribution is -2.23. The second kappa shape index (κ2) is 4.91. The molecule has 0 aliphatic heterocycles. The molecule has 4 heteroatoms. The van der Waals surface area contributed by atoms with E-state index in [0.717, 1.165) is 12.3 Å². The number of hydrogen-bond donors (Lipinski definition) is 1. The molecule has 0 aliphatic carbocycles. The van der Waals surface area contributed by atoms with Crippen molar-refractivity contribution < 1.29 is 8.81 Å². The Kier molecular flexibility index (Phi) is 3.32. The fraction of sp³-hybridized carbons (Fsp3) is 0.231. The fourth-order valence-electron chi connectivity index (χ4n) is 1.76. The molecule has 17 heavy (non-hydrogen) atoms. The molecule has 2 rings (SSSR count). The molecule has 3 nitrogen and oxygen atoms in total. The van der Waals surface area contributed by atoms with Gasteiger partial charge < -0.3 is 15.1 Å².